The zero-order chi connectivity index (χ0) is 16.7. The van der Waals surface area contributed by atoms with Crippen molar-refractivity contribution in [3.63, 3.8) is 0 Å². The minimum Gasteiger partial charge on any atom is -0.336 e. The summed E-state index contributed by atoms with van der Waals surface area (Å²) >= 11 is 12.2. The van der Waals surface area contributed by atoms with Crippen LogP contribution in [-0.4, -0.2) is 33.4 Å². The third-order valence-electron chi connectivity index (χ3n) is 4.51. The predicted molar refractivity (Wildman–Crippen MR) is 95.8 cm³/mol. The number of hydrogen-bond acceptors (Lipinski definition) is 2. The van der Waals surface area contributed by atoms with Gasteiger partial charge in [-0.25, -0.2) is 4.98 Å². The summed E-state index contributed by atoms with van der Waals surface area (Å²) in [6.45, 7) is 1.33. The second-order valence-corrected chi connectivity index (χ2v) is 6.72. The molecule has 24 heavy (non-hydrogen) atoms. The molecule has 1 amide bonds. The highest BCUT2D eigenvalue weighted by Crippen LogP contribution is 2.30. The number of aromatic nitrogens is 2. The van der Waals surface area contributed by atoms with Crippen LogP contribution >= 0.6 is 23.2 Å². The van der Waals surface area contributed by atoms with Gasteiger partial charge in [0, 0.05) is 13.1 Å². The molecular weight excluding hydrogens is 345 g/mol. The van der Waals surface area contributed by atoms with Gasteiger partial charge in [0.05, 0.1) is 39.0 Å². The van der Waals surface area contributed by atoms with Crippen molar-refractivity contribution < 1.29 is 4.79 Å². The molecule has 1 saturated heterocycles. The van der Waals surface area contributed by atoms with E-state index in [2.05, 4.69) is 15.6 Å². The first-order chi connectivity index (χ1) is 11.6. The summed E-state index contributed by atoms with van der Waals surface area (Å²) in [6, 6.07) is 13.4. The van der Waals surface area contributed by atoms with E-state index in [0.29, 0.717) is 28.7 Å². The van der Waals surface area contributed by atoms with Gasteiger partial charge in [0.25, 0.3) is 5.91 Å². The van der Waals surface area contributed by atoms with Crippen LogP contribution in [0.3, 0.4) is 0 Å². The molecule has 2 heterocycles. The van der Waals surface area contributed by atoms with Crippen LogP contribution in [0.2, 0.25) is 10.0 Å². The Kier molecular flexibility index (Phi) is 3.94. The number of benzene rings is 2. The van der Waals surface area contributed by atoms with E-state index in [4.69, 9.17) is 23.2 Å². The van der Waals surface area contributed by atoms with Gasteiger partial charge >= 0.3 is 0 Å². The summed E-state index contributed by atoms with van der Waals surface area (Å²) < 4.78 is 2.15. The first-order valence-electron chi connectivity index (χ1n) is 7.80. The van der Waals surface area contributed by atoms with Crippen LogP contribution in [0.15, 0.2) is 48.8 Å². The van der Waals surface area contributed by atoms with E-state index in [1.807, 2.05) is 29.4 Å². The zero-order valence-corrected chi connectivity index (χ0v) is 14.3. The molecule has 1 atom stereocenters. The molecule has 0 spiro atoms. The van der Waals surface area contributed by atoms with Crippen LogP contribution < -0.4 is 0 Å². The SMILES string of the molecule is O=C(c1cccc(Cl)c1Cl)N1CC[C@@H](n2cnc3ccccc32)C1. The topological polar surface area (TPSA) is 38.1 Å². The van der Waals surface area contributed by atoms with Gasteiger partial charge in [-0.05, 0) is 30.7 Å². The molecule has 0 radical (unpaired) electrons. The monoisotopic (exact) mass is 359 g/mol. The molecule has 1 fully saturated rings. The molecule has 4 nitrogen and oxygen atoms in total. The van der Waals surface area contributed by atoms with Gasteiger partial charge in [-0.3, -0.25) is 4.79 Å². The maximum atomic E-state index is 12.8. The van der Waals surface area contributed by atoms with Crippen molar-refractivity contribution in [1.29, 1.82) is 0 Å². The number of carbonyl (C=O) groups is 1. The fraction of sp³-hybridized carbons (Fsp3) is 0.222. The summed E-state index contributed by atoms with van der Waals surface area (Å²) in [5, 5.41) is 0.722. The van der Waals surface area contributed by atoms with Crippen molar-refractivity contribution in [2.45, 2.75) is 12.5 Å². The van der Waals surface area contributed by atoms with Crippen molar-refractivity contribution in [1.82, 2.24) is 14.5 Å². The van der Waals surface area contributed by atoms with Crippen molar-refractivity contribution in [3.05, 3.63) is 64.4 Å². The zero-order valence-electron chi connectivity index (χ0n) is 12.8. The first kappa shape index (κ1) is 15.5. The van der Waals surface area contributed by atoms with Crippen molar-refractivity contribution in [3.8, 4) is 0 Å². The van der Waals surface area contributed by atoms with Gasteiger partial charge in [0.1, 0.15) is 0 Å². The second-order valence-electron chi connectivity index (χ2n) is 5.94. The van der Waals surface area contributed by atoms with Crippen molar-refractivity contribution in [2.75, 3.05) is 13.1 Å². The summed E-state index contributed by atoms with van der Waals surface area (Å²) in [5.41, 5.74) is 2.53. The standard InChI is InChI=1S/C18H15Cl2N3O/c19-14-5-3-4-13(17(14)20)18(24)22-9-8-12(10-22)23-11-21-15-6-1-2-7-16(15)23/h1-7,11-12H,8-10H2/t12-/m1/s1. The molecule has 0 N–H and O–H groups in total. The number of para-hydroxylation sites is 2. The lowest BCUT2D eigenvalue weighted by atomic mass is 10.2. The highest BCUT2D eigenvalue weighted by Gasteiger charge is 2.29. The third-order valence-corrected chi connectivity index (χ3v) is 5.33. The van der Waals surface area contributed by atoms with Crippen LogP contribution in [0, 0.1) is 0 Å². The highest BCUT2D eigenvalue weighted by molar-refractivity contribution is 6.43. The molecule has 122 valence electrons. The van der Waals surface area contributed by atoms with Crippen LogP contribution in [0.5, 0.6) is 0 Å². The maximum Gasteiger partial charge on any atom is 0.255 e. The van der Waals surface area contributed by atoms with Crippen molar-refractivity contribution >= 4 is 40.1 Å². The third kappa shape index (κ3) is 2.56. The molecule has 4 rings (SSSR count). The fourth-order valence-corrected chi connectivity index (χ4v) is 3.64. The number of hydrogen-bond donors (Lipinski definition) is 0. The number of imidazole rings is 1. The van der Waals surface area contributed by atoms with E-state index < -0.39 is 0 Å². The molecule has 1 aromatic heterocycles. The van der Waals surface area contributed by atoms with Gasteiger partial charge in [0.2, 0.25) is 0 Å². The fourth-order valence-electron chi connectivity index (χ4n) is 3.26. The maximum absolute atomic E-state index is 12.8. The number of carbonyl (C=O) groups excluding carboxylic acids is 1. The Labute approximate surface area is 149 Å². The van der Waals surface area contributed by atoms with E-state index in [1.54, 1.807) is 18.2 Å². The van der Waals surface area contributed by atoms with E-state index in [9.17, 15) is 4.79 Å². The van der Waals surface area contributed by atoms with Crippen LogP contribution in [0.4, 0.5) is 0 Å². The Balaban J connectivity index is 1.58. The summed E-state index contributed by atoms with van der Waals surface area (Å²) in [7, 11) is 0. The van der Waals surface area contributed by atoms with Crippen LogP contribution in [-0.2, 0) is 0 Å². The average molecular weight is 360 g/mol. The van der Waals surface area contributed by atoms with E-state index in [1.165, 1.54) is 0 Å². The molecule has 0 unspecified atom stereocenters. The Morgan fingerprint density at radius 3 is 2.83 bits per heavy atom. The molecular formula is C18H15Cl2N3O. The predicted octanol–water partition coefficient (Wildman–Crippen LogP) is 4.43. The molecule has 3 aromatic rings. The Bertz CT molecular complexity index is 922. The number of nitrogens with zero attached hydrogens (tertiary/aromatic N) is 3. The molecule has 0 bridgehead atoms. The molecule has 1 aliphatic rings. The highest BCUT2D eigenvalue weighted by atomic mass is 35.5. The molecule has 1 aliphatic heterocycles. The van der Waals surface area contributed by atoms with Gasteiger partial charge < -0.3 is 9.47 Å². The van der Waals surface area contributed by atoms with Gasteiger partial charge in [0.15, 0.2) is 0 Å². The van der Waals surface area contributed by atoms with Gasteiger partial charge in [-0.2, -0.15) is 0 Å². The number of halogens is 2. The van der Waals surface area contributed by atoms with Crippen LogP contribution in [0.25, 0.3) is 11.0 Å². The average Bonchev–Trinajstić information content (AvgIpc) is 3.23. The first-order valence-corrected chi connectivity index (χ1v) is 8.55. The number of rotatable bonds is 2. The largest absolute Gasteiger partial charge is 0.336 e. The summed E-state index contributed by atoms with van der Waals surface area (Å²) in [4.78, 5) is 19.0. The van der Waals surface area contributed by atoms with Crippen molar-refractivity contribution in [2.24, 2.45) is 0 Å². The van der Waals surface area contributed by atoms with E-state index in [0.717, 1.165) is 17.5 Å². The lowest BCUT2D eigenvalue weighted by molar-refractivity contribution is 0.0788. The Hall–Kier alpha value is -2.04. The lowest BCUT2D eigenvalue weighted by Crippen LogP contribution is -2.29. The second kappa shape index (κ2) is 6.11. The Morgan fingerprint density at radius 2 is 1.96 bits per heavy atom. The van der Waals surface area contributed by atoms with E-state index in [-0.39, 0.29) is 11.9 Å². The molecule has 0 saturated carbocycles. The Morgan fingerprint density at radius 1 is 1.12 bits per heavy atom. The van der Waals surface area contributed by atoms with Gasteiger partial charge in [-0.15, -0.1) is 0 Å². The minimum absolute atomic E-state index is 0.0746. The quantitative estimate of drug-likeness (QED) is 0.678. The molecule has 6 heteroatoms. The number of fused-ring (bicyclic) bond motifs is 1. The minimum atomic E-state index is -0.0746. The van der Waals surface area contributed by atoms with E-state index >= 15 is 0 Å². The molecule has 2 aromatic carbocycles. The molecule has 0 aliphatic carbocycles. The van der Waals surface area contributed by atoms with Gasteiger partial charge in [-0.1, -0.05) is 41.4 Å². The summed E-state index contributed by atoms with van der Waals surface area (Å²) in [6.07, 6.45) is 2.75. The number of likely N-dealkylation sites (tertiary alicyclic amines) is 1. The normalized spacial score (nSPS) is 17.6. The summed E-state index contributed by atoms with van der Waals surface area (Å²) in [5.74, 6) is -0.0746. The smallest absolute Gasteiger partial charge is 0.255 e. The number of amides is 1. The van der Waals surface area contributed by atoms with Crippen LogP contribution in [0.1, 0.15) is 22.8 Å². The lowest BCUT2D eigenvalue weighted by Gasteiger charge is -2.18.